The van der Waals surface area contributed by atoms with E-state index in [9.17, 15) is 8.78 Å². The Kier molecular flexibility index (Phi) is 3.59. The molecule has 0 bridgehead atoms. The van der Waals surface area contributed by atoms with E-state index in [1.807, 2.05) is 0 Å². The van der Waals surface area contributed by atoms with Crippen LogP contribution in [-0.2, 0) is 6.42 Å². The van der Waals surface area contributed by atoms with Crippen LogP contribution in [0.25, 0.3) is 0 Å². The largest absolute Gasteiger partial charge is 0.354 e. The minimum absolute atomic E-state index is 0.449. The van der Waals surface area contributed by atoms with E-state index in [-0.39, 0.29) is 0 Å². The molecule has 1 aromatic heterocycles. The number of halogens is 2. The predicted octanol–water partition coefficient (Wildman–Crippen LogP) is 2.41. The number of hydrogen-bond donors (Lipinski definition) is 1. The van der Waals surface area contributed by atoms with Gasteiger partial charge in [0.1, 0.15) is 11.6 Å². The Labute approximate surface area is 97.5 Å². The normalized spacial score (nSPS) is 10.2. The van der Waals surface area contributed by atoms with Crippen molar-refractivity contribution in [3.8, 4) is 0 Å². The number of hydrogen-bond acceptors (Lipinski definition) is 3. The minimum atomic E-state index is -0.564. The van der Waals surface area contributed by atoms with Gasteiger partial charge in [0, 0.05) is 25.0 Å². The Balaban J connectivity index is 1.90. The molecule has 0 saturated heterocycles. The van der Waals surface area contributed by atoms with Crippen molar-refractivity contribution in [3.05, 3.63) is 53.9 Å². The van der Waals surface area contributed by atoms with Gasteiger partial charge >= 0.3 is 0 Å². The third kappa shape index (κ3) is 3.21. The van der Waals surface area contributed by atoms with Crippen molar-refractivity contribution in [2.24, 2.45) is 0 Å². The van der Waals surface area contributed by atoms with Gasteiger partial charge in [0.15, 0.2) is 0 Å². The number of rotatable bonds is 4. The molecular weight excluding hydrogens is 224 g/mol. The number of aromatic nitrogens is 2. The Bertz CT molecular complexity index is 488. The summed E-state index contributed by atoms with van der Waals surface area (Å²) in [4.78, 5) is 7.94. The van der Waals surface area contributed by atoms with Crippen LogP contribution in [0, 0.1) is 11.6 Å². The summed E-state index contributed by atoms with van der Waals surface area (Å²) >= 11 is 0. The van der Waals surface area contributed by atoms with Crippen molar-refractivity contribution in [3.63, 3.8) is 0 Å². The molecule has 0 atom stereocenters. The Hall–Kier alpha value is -2.04. The van der Waals surface area contributed by atoms with E-state index in [1.165, 1.54) is 12.1 Å². The lowest BCUT2D eigenvalue weighted by atomic mass is 10.1. The van der Waals surface area contributed by atoms with Crippen LogP contribution < -0.4 is 5.32 Å². The van der Waals surface area contributed by atoms with Gasteiger partial charge in [-0.1, -0.05) is 6.07 Å². The third-order valence-electron chi connectivity index (χ3n) is 2.26. The topological polar surface area (TPSA) is 37.8 Å². The molecule has 1 N–H and O–H groups in total. The fraction of sp³-hybridized carbons (Fsp3) is 0.167. The van der Waals surface area contributed by atoms with Crippen molar-refractivity contribution < 1.29 is 8.78 Å². The Morgan fingerprint density at radius 1 is 1.12 bits per heavy atom. The van der Waals surface area contributed by atoms with Crippen molar-refractivity contribution in [2.75, 3.05) is 11.9 Å². The van der Waals surface area contributed by atoms with Crippen LogP contribution in [0.5, 0.6) is 0 Å². The molecule has 5 heteroatoms. The van der Waals surface area contributed by atoms with Crippen LogP contribution >= 0.6 is 0 Å². The number of nitrogens with zero attached hydrogens (tertiary/aromatic N) is 2. The van der Waals surface area contributed by atoms with Crippen LogP contribution in [0.4, 0.5) is 14.7 Å². The molecular formula is C12H11F2N3. The molecule has 0 fully saturated rings. The van der Waals surface area contributed by atoms with Gasteiger partial charge in [0.25, 0.3) is 0 Å². The number of anilines is 1. The molecule has 0 radical (unpaired) electrons. The zero-order valence-corrected chi connectivity index (χ0v) is 9.03. The second-order valence-corrected chi connectivity index (χ2v) is 3.48. The minimum Gasteiger partial charge on any atom is -0.354 e. The van der Waals surface area contributed by atoms with Gasteiger partial charge < -0.3 is 5.32 Å². The maximum Gasteiger partial charge on any atom is 0.222 e. The quantitative estimate of drug-likeness (QED) is 0.884. The van der Waals surface area contributed by atoms with Crippen molar-refractivity contribution >= 4 is 5.95 Å². The summed E-state index contributed by atoms with van der Waals surface area (Å²) in [5.41, 5.74) is 0.467. The highest BCUT2D eigenvalue weighted by Crippen LogP contribution is 2.10. The standard InChI is InChI=1S/C12H11F2N3/c13-10-3-2-9(11(14)8-10)4-7-17-12-15-5-1-6-16-12/h1-3,5-6,8H,4,7H2,(H,15,16,17). The lowest BCUT2D eigenvalue weighted by Crippen LogP contribution is -2.08. The number of benzene rings is 1. The molecule has 0 aliphatic rings. The fourth-order valence-corrected chi connectivity index (χ4v) is 1.42. The van der Waals surface area contributed by atoms with Crippen LogP contribution in [0.15, 0.2) is 36.7 Å². The molecule has 0 spiro atoms. The maximum atomic E-state index is 13.3. The molecule has 0 aliphatic carbocycles. The monoisotopic (exact) mass is 235 g/mol. The highest BCUT2D eigenvalue weighted by molar-refractivity contribution is 5.24. The van der Waals surface area contributed by atoms with Crippen LogP contribution in [0.3, 0.4) is 0 Å². The van der Waals surface area contributed by atoms with Crippen molar-refractivity contribution in [2.45, 2.75) is 6.42 Å². The predicted molar refractivity (Wildman–Crippen MR) is 60.6 cm³/mol. The maximum absolute atomic E-state index is 13.3. The molecule has 2 aromatic rings. The smallest absolute Gasteiger partial charge is 0.222 e. The first-order valence-electron chi connectivity index (χ1n) is 5.20. The van der Waals surface area contributed by atoms with Crippen LogP contribution in [0.2, 0.25) is 0 Å². The molecule has 0 amide bonds. The van der Waals surface area contributed by atoms with Crippen molar-refractivity contribution in [1.29, 1.82) is 0 Å². The first-order chi connectivity index (χ1) is 8.25. The van der Waals surface area contributed by atoms with Gasteiger partial charge in [-0.15, -0.1) is 0 Å². The summed E-state index contributed by atoms with van der Waals surface area (Å²) in [5, 5.41) is 2.95. The second kappa shape index (κ2) is 5.34. The first kappa shape index (κ1) is 11.4. The van der Waals surface area contributed by atoms with E-state index in [1.54, 1.807) is 18.5 Å². The highest BCUT2D eigenvalue weighted by atomic mass is 19.1. The zero-order valence-electron chi connectivity index (χ0n) is 9.03. The molecule has 0 aliphatic heterocycles. The van der Waals surface area contributed by atoms with E-state index in [2.05, 4.69) is 15.3 Å². The molecule has 88 valence electrons. The summed E-state index contributed by atoms with van der Waals surface area (Å²) in [5.74, 6) is -0.596. The average molecular weight is 235 g/mol. The second-order valence-electron chi connectivity index (χ2n) is 3.48. The van der Waals surface area contributed by atoms with E-state index >= 15 is 0 Å². The fourth-order valence-electron chi connectivity index (χ4n) is 1.42. The first-order valence-corrected chi connectivity index (χ1v) is 5.20. The molecule has 1 aromatic carbocycles. The van der Waals surface area contributed by atoms with Gasteiger partial charge in [0.2, 0.25) is 5.95 Å². The summed E-state index contributed by atoms with van der Waals surface area (Å²) in [7, 11) is 0. The molecule has 3 nitrogen and oxygen atoms in total. The molecule has 17 heavy (non-hydrogen) atoms. The lowest BCUT2D eigenvalue weighted by molar-refractivity contribution is 0.572. The van der Waals surface area contributed by atoms with E-state index in [0.717, 1.165) is 6.07 Å². The summed E-state index contributed by atoms with van der Waals surface area (Å²) in [6.07, 6.45) is 3.69. The third-order valence-corrected chi connectivity index (χ3v) is 2.26. The Morgan fingerprint density at radius 3 is 2.59 bits per heavy atom. The molecule has 0 saturated carbocycles. The Morgan fingerprint density at radius 2 is 1.88 bits per heavy atom. The van der Waals surface area contributed by atoms with Gasteiger partial charge in [-0.25, -0.2) is 18.7 Å². The van der Waals surface area contributed by atoms with Gasteiger partial charge in [-0.05, 0) is 24.1 Å². The van der Waals surface area contributed by atoms with Gasteiger partial charge in [-0.2, -0.15) is 0 Å². The summed E-state index contributed by atoms with van der Waals surface area (Å²) < 4.78 is 25.9. The van der Waals surface area contributed by atoms with Gasteiger partial charge in [0.05, 0.1) is 0 Å². The van der Waals surface area contributed by atoms with Crippen molar-refractivity contribution in [1.82, 2.24) is 9.97 Å². The average Bonchev–Trinajstić information content (AvgIpc) is 2.33. The lowest BCUT2D eigenvalue weighted by Gasteiger charge is -2.05. The number of nitrogens with one attached hydrogen (secondary N) is 1. The summed E-state index contributed by atoms with van der Waals surface area (Å²) in [6, 6.07) is 5.29. The van der Waals surface area contributed by atoms with Crippen LogP contribution in [0.1, 0.15) is 5.56 Å². The van der Waals surface area contributed by atoms with Gasteiger partial charge in [-0.3, -0.25) is 0 Å². The highest BCUT2D eigenvalue weighted by Gasteiger charge is 2.03. The SMILES string of the molecule is Fc1ccc(CCNc2ncccn2)c(F)c1. The molecule has 2 rings (SSSR count). The van der Waals surface area contributed by atoms with Crippen LogP contribution in [-0.4, -0.2) is 16.5 Å². The van der Waals surface area contributed by atoms with E-state index < -0.39 is 11.6 Å². The van der Waals surface area contributed by atoms with E-state index in [0.29, 0.717) is 24.5 Å². The zero-order chi connectivity index (χ0) is 12.1. The summed E-state index contributed by atoms with van der Waals surface area (Å²) in [6.45, 7) is 0.493. The molecule has 1 heterocycles. The molecule has 0 unspecified atom stereocenters. The van der Waals surface area contributed by atoms with E-state index in [4.69, 9.17) is 0 Å².